The van der Waals surface area contributed by atoms with E-state index in [1.807, 2.05) is 0 Å². The zero-order valence-electron chi connectivity index (χ0n) is 6.99. The Labute approximate surface area is 75.9 Å². The van der Waals surface area contributed by atoms with Crippen molar-refractivity contribution in [2.24, 2.45) is 5.73 Å². The average Bonchev–Trinajstić information content (AvgIpc) is 2.16. The Balaban J connectivity index is 3.31. The highest BCUT2D eigenvalue weighted by Crippen LogP contribution is 2.10. The number of primary amides is 1. The van der Waals surface area contributed by atoms with Crippen LogP contribution in [0.2, 0.25) is 0 Å². The molecule has 66 valence electrons. The summed E-state index contributed by atoms with van der Waals surface area (Å²) in [5.74, 6) is -0.599. The third-order valence-corrected chi connectivity index (χ3v) is 1.70. The largest absolute Gasteiger partial charge is 0.366 e. The van der Waals surface area contributed by atoms with E-state index in [0.717, 1.165) is 5.56 Å². The van der Waals surface area contributed by atoms with Crippen LogP contribution in [-0.4, -0.2) is 12.2 Å². The van der Waals surface area contributed by atoms with Gasteiger partial charge in [-0.1, -0.05) is 18.7 Å². The highest BCUT2D eigenvalue weighted by atomic mass is 16.1. The molecule has 1 aromatic carbocycles. The zero-order chi connectivity index (χ0) is 9.84. The molecule has 0 spiro atoms. The number of rotatable bonds is 3. The van der Waals surface area contributed by atoms with E-state index in [0.29, 0.717) is 11.8 Å². The summed E-state index contributed by atoms with van der Waals surface area (Å²) >= 11 is 0. The first kappa shape index (κ1) is 9.19. The molecule has 0 aliphatic rings. The van der Waals surface area contributed by atoms with Gasteiger partial charge in [0.15, 0.2) is 6.29 Å². The summed E-state index contributed by atoms with van der Waals surface area (Å²) in [6, 6.07) is 4.77. The monoisotopic (exact) mass is 175 g/mol. The van der Waals surface area contributed by atoms with Crippen molar-refractivity contribution >= 4 is 18.3 Å². The summed E-state index contributed by atoms with van der Waals surface area (Å²) in [5.41, 5.74) is 6.38. The molecule has 0 saturated carbocycles. The topological polar surface area (TPSA) is 60.2 Å². The van der Waals surface area contributed by atoms with Gasteiger partial charge in [0.05, 0.1) is 0 Å². The van der Waals surface area contributed by atoms with Crippen molar-refractivity contribution in [1.29, 1.82) is 0 Å². The van der Waals surface area contributed by atoms with E-state index in [-0.39, 0.29) is 5.56 Å². The molecule has 0 unspecified atom stereocenters. The van der Waals surface area contributed by atoms with E-state index >= 15 is 0 Å². The number of hydrogen-bond acceptors (Lipinski definition) is 2. The molecule has 0 bridgehead atoms. The second-order valence-electron chi connectivity index (χ2n) is 2.53. The third kappa shape index (κ3) is 1.82. The molecule has 13 heavy (non-hydrogen) atoms. The highest BCUT2D eigenvalue weighted by Gasteiger charge is 2.06. The lowest BCUT2D eigenvalue weighted by atomic mass is 10.0. The summed E-state index contributed by atoms with van der Waals surface area (Å²) in [5, 5.41) is 0. The van der Waals surface area contributed by atoms with Gasteiger partial charge in [0.1, 0.15) is 0 Å². The van der Waals surface area contributed by atoms with Gasteiger partial charge in [-0.2, -0.15) is 0 Å². The van der Waals surface area contributed by atoms with Gasteiger partial charge in [-0.05, 0) is 17.7 Å². The SMILES string of the molecule is C=Cc1ccc(C(N)=O)c(C=O)c1. The molecule has 0 aliphatic carbocycles. The molecule has 1 rings (SSSR count). The second kappa shape index (κ2) is 3.67. The molecular formula is C10H9NO2. The Hall–Kier alpha value is -1.90. The van der Waals surface area contributed by atoms with E-state index in [2.05, 4.69) is 6.58 Å². The lowest BCUT2D eigenvalue weighted by molar-refractivity contribution is 0.0993. The second-order valence-corrected chi connectivity index (χ2v) is 2.53. The Morgan fingerprint density at radius 3 is 2.62 bits per heavy atom. The van der Waals surface area contributed by atoms with Crippen LogP contribution in [0.5, 0.6) is 0 Å². The molecule has 3 heteroatoms. The zero-order valence-corrected chi connectivity index (χ0v) is 6.99. The van der Waals surface area contributed by atoms with Crippen LogP contribution in [0.3, 0.4) is 0 Å². The Bertz CT molecular complexity index is 369. The van der Waals surface area contributed by atoms with Gasteiger partial charge in [-0.15, -0.1) is 0 Å². The van der Waals surface area contributed by atoms with Gasteiger partial charge in [-0.25, -0.2) is 0 Å². The van der Waals surface area contributed by atoms with Crippen molar-refractivity contribution in [3.63, 3.8) is 0 Å². The van der Waals surface area contributed by atoms with Crippen LogP contribution in [0.1, 0.15) is 26.3 Å². The Morgan fingerprint density at radius 1 is 1.46 bits per heavy atom. The molecule has 0 aromatic heterocycles. The predicted molar refractivity (Wildman–Crippen MR) is 50.4 cm³/mol. The minimum absolute atomic E-state index is 0.237. The van der Waals surface area contributed by atoms with Crippen LogP contribution in [0, 0.1) is 0 Å². The standard InChI is InChI=1S/C10H9NO2/c1-2-7-3-4-9(10(11)13)8(5-7)6-12/h2-6H,1H2,(H2,11,13). The first-order chi connectivity index (χ1) is 6.19. The number of carbonyl (C=O) groups excluding carboxylic acids is 2. The number of nitrogens with two attached hydrogens (primary N) is 1. The third-order valence-electron chi connectivity index (χ3n) is 1.70. The van der Waals surface area contributed by atoms with E-state index < -0.39 is 5.91 Å². The van der Waals surface area contributed by atoms with Gasteiger partial charge in [0, 0.05) is 11.1 Å². The van der Waals surface area contributed by atoms with Crippen LogP contribution >= 0.6 is 0 Å². The van der Waals surface area contributed by atoms with Crippen molar-refractivity contribution in [3.8, 4) is 0 Å². The van der Waals surface area contributed by atoms with Crippen LogP contribution in [0.15, 0.2) is 24.8 Å². The van der Waals surface area contributed by atoms with Crippen molar-refractivity contribution < 1.29 is 9.59 Å². The van der Waals surface area contributed by atoms with Crippen molar-refractivity contribution in [1.82, 2.24) is 0 Å². The summed E-state index contributed by atoms with van der Waals surface area (Å²) in [4.78, 5) is 21.4. The molecule has 0 aliphatic heterocycles. The van der Waals surface area contributed by atoms with Crippen LogP contribution in [0.25, 0.3) is 6.08 Å². The van der Waals surface area contributed by atoms with Crippen molar-refractivity contribution in [3.05, 3.63) is 41.5 Å². The van der Waals surface area contributed by atoms with Gasteiger partial charge in [-0.3, -0.25) is 9.59 Å². The number of hydrogen-bond donors (Lipinski definition) is 1. The van der Waals surface area contributed by atoms with Crippen molar-refractivity contribution in [2.45, 2.75) is 0 Å². The van der Waals surface area contributed by atoms with E-state index in [9.17, 15) is 9.59 Å². The fourth-order valence-electron chi connectivity index (χ4n) is 1.03. The quantitative estimate of drug-likeness (QED) is 0.702. The Kier molecular flexibility index (Phi) is 2.59. The molecule has 2 N–H and O–H groups in total. The average molecular weight is 175 g/mol. The van der Waals surface area contributed by atoms with Gasteiger partial charge in [0.2, 0.25) is 5.91 Å². The van der Waals surface area contributed by atoms with E-state index in [1.165, 1.54) is 6.07 Å². The fraction of sp³-hybridized carbons (Fsp3) is 0. The summed E-state index contributed by atoms with van der Waals surface area (Å²) in [7, 11) is 0. The maximum atomic E-state index is 10.8. The van der Waals surface area contributed by atoms with E-state index in [4.69, 9.17) is 5.73 Å². The molecule has 0 atom stereocenters. The molecule has 1 aromatic rings. The lowest BCUT2D eigenvalue weighted by Gasteiger charge is -2.00. The van der Waals surface area contributed by atoms with E-state index in [1.54, 1.807) is 18.2 Å². The molecule has 0 saturated heterocycles. The minimum atomic E-state index is -0.599. The molecule has 3 nitrogen and oxygen atoms in total. The molecule has 0 radical (unpaired) electrons. The summed E-state index contributed by atoms with van der Waals surface area (Å²) < 4.78 is 0. The number of amides is 1. The summed E-state index contributed by atoms with van der Waals surface area (Å²) in [6.45, 7) is 3.55. The fourth-order valence-corrected chi connectivity index (χ4v) is 1.03. The lowest BCUT2D eigenvalue weighted by Crippen LogP contribution is -2.13. The highest BCUT2D eigenvalue weighted by molar-refractivity contribution is 6.00. The molecular weight excluding hydrogens is 166 g/mol. The molecule has 0 heterocycles. The van der Waals surface area contributed by atoms with Gasteiger partial charge >= 0.3 is 0 Å². The maximum absolute atomic E-state index is 10.8. The maximum Gasteiger partial charge on any atom is 0.249 e. The van der Waals surface area contributed by atoms with Gasteiger partial charge < -0.3 is 5.73 Å². The normalized spacial score (nSPS) is 9.23. The number of carbonyl (C=O) groups is 2. The number of aldehydes is 1. The summed E-state index contributed by atoms with van der Waals surface area (Å²) in [6.07, 6.45) is 2.20. The van der Waals surface area contributed by atoms with Gasteiger partial charge in [0.25, 0.3) is 0 Å². The minimum Gasteiger partial charge on any atom is -0.366 e. The number of benzene rings is 1. The predicted octanol–water partition coefficient (Wildman–Crippen LogP) is 1.24. The van der Waals surface area contributed by atoms with Crippen molar-refractivity contribution in [2.75, 3.05) is 0 Å². The molecule has 0 fully saturated rings. The smallest absolute Gasteiger partial charge is 0.249 e. The first-order valence-corrected chi connectivity index (χ1v) is 3.70. The van der Waals surface area contributed by atoms with Crippen LogP contribution in [-0.2, 0) is 0 Å². The van der Waals surface area contributed by atoms with Crippen LogP contribution < -0.4 is 5.73 Å². The Morgan fingerprint density at radius 2 is 2.15 bits per heavy atom. The van der Waals surface area contributed by atoms with Crippen LogP contribution in [0.4, 0.5) is 0 Å². The first-order valence-electron chi connectivity index (χ1n) is 3.70. The molecule has 1 amide bonds.